The number of hydrogen-bond acceptors (Lipinski definition) is 8. The highest BCUT2D eigenvalue weighted by molar-refractivity contribution is 6.05. The molecule has 0 radical (unpaired) electrons. The third kappa shape index (κ3) is 6.74. The Hall–Kier alpha value is -4.32. The number of aliphatic hydroxyl groups excluding tert-OH is 1. The number of rotatable bonds is 9. The molecule has 2 saturated heterocycles. The monoisotopic (exact) mass is 685 g/mol. The normalized spacial score (nSPS) is 30.4. The first-order valence-electron chi connectivity index (χ1n) is 17.6. The van der Waals surface area contributed by atoms with Gasteiger partial charge in [-0.2, -0.15) is 0 Å². The Balaban J connectivity index is 1.45. The number of allylic oxidation sites excluding steroid dienone is 1. The van der Waals surface area contributed by atoms with Gasteiger partial charge < -0.3 is 34.4 Å². The average molecular weight is 686 g/mol. The van der Waals surface area contributed by atoms with Crippen LogP contribution in [-0.4, -0.2) is 90.9 Å². The smallest absolute Gasteiger partial charge is 0.313 e. The van der Waals surface area contributed by atoms with E-state index in [0.29, 0.717) is 36.9 Å². The standard InChI is InChI=1S/C39H47N3O8/c1-25-16-17-26(2)29(23-25)41-20-10-5-9-15-31(44)40-28(24-48-3)34(27-13-7-4-8-14-27)49-38(47)32-30-18-19-39(50-30)33(32)36(45)42(35(39)37(41)46)21-11-6-12-22-43/h4-5,7-8,10,13-14,16-19,23,28,30,32-35,43H,6,9,11-12,15,20-22,24H2,1-3H3,(H,40,44)/b10-5-/t28-,30+,32-,33-,34-,35+,39-/m0/s1. The Morgan fingerprint density at radius 3 is 2.56 bits per heavy atom. The lowest BCUT2D eigenvalue weighted by atomic mass is 9.74. The summed E-state index contributed by atoms with van der Waals surface area (Å²) in [4.78, 5) is 60.6. The van der Waals surface area contributed by atoms with Gasteiger partial charge in [-0.05, 0) is 62.3 Å². The quantitative estimate of drug-likeness (QED) is 0.232. The van der Waals surface area contributed by atoms with Crippen LogP contribution in [0.5, 0.6) is 0 Å². The number of likely N-dealkylation sites (tertiary alicyclic amines) is 1. The molecule has 266 valence electrons. The number of ether oxygens (including phenoxy) is 3. The number of nitrogens with one attached hydrogen (secondary N) is 1. The molecular formula is C39H47N3O8. The van der Waals surface area contributed by atoms with Crippen LogP contribution in [0.3, 0.4) is 0 Å². The van der Waals surface area contributed by atoms with Crippen LogP contribution in [0.15, 0.2) is 72.8 Å². The Kier molecular flexibility index (Phi) is 10.9. The van der Waals surface area contributed by atoms with E-state index in [2.05, 4.69) is 5.32 Å². The molecule has 50 heavy (non-hydrogen) atoms. The summed E-state index contributed by atoms with van der Waals surface area (Å²) in [6, 6.07) is 13.3. The van der Waals surface area contributed by atoms with Crippen molar-refractivity contribution in [1.82, 2.24) is 10.2 Å². The summed E-state index contributed by atoms with van der Waals surface area (Å²) in [5, 5.41) is 12.4. The molecule has 7 atom stereocenters. The van der Waals surface area contributed by atoms with E-state index in [0.717, 1.165) is 11.1 Å². The molecule has 2 aromatic rings. The molecule has 0 saturated carbocycles. The predicted molar refractivity (Wildman–Crippen MR) is 186 cm³/mol. The van der Waals surface area contributed by atoms with E-state index in [1.54, 1.807) is 22.0 Å². The Bertz CT molecular complexity index is 1640. The van der Waals surface area contributed by atoms with E-state index < -0.39 is 47.7 Å². The number of aryl methyl sites for hydroxylation is 2. The van der Waals surface area contributed by atoms with Gasteiger partial charge in [0.05, 0.1) is 24.7 Å². The number of hydrogen-bond donors (Lipinski definition) is 2. The van der Waals surface area contributed by atoms with Gasteiger partial charge in [0, 0.05) is 38.9 Å². The molecule has 4 aliphatic heterocycles. The second-order valence-electron chi connectivity index (χ2n) is 13.7. The molecule has 4 aliphatic rings. The van der Waals surface area contributed by atoms with Gasteiger partial charge in [-0.15, -0.1) is 0 Å². The lowest BCUT2D eigenvalue weighted by molar-refractivity contribution is -0.162. The van der Waals surface area contributed by atoms with E-state index in [-0.39, 0.29) is 50.4 Å². The topological polar surface area (TPSA) is 135 Å². The summed E-state index contributed by atoms with van der Waals surface area (Å²) in [5.74, 6) is -3.54. The first kappa shape index (κ1) is 35.5. The van der Waals surface area contributed by atoms with Gasteiger partial charge in [0.15, 0.2) is 0 Å². The first-order chi connectivity index (χ1) is 24.2. The number of aliphatic hydroxyl groups is 1. The highest BCUT2D eigenvalue weighted by Gasteiger charge is 2.73. The summed E-state index contributed by atoms with van der Waals surface area (Å²) < 4.78 is 18.4. The Morgan fingerprint density at radius 1 is 1.00 bits per heavy atom. The number of benzene rings is 2. The highest BCUT2D eigenvalue weighted by atomic mass is 16.6. The molecule has 3 amide bonds. The number of carbonyl (C=O) groups is 4. The SMILES string of the molecule is COC[C@@H]1NC(=O)CC/C=C\CN(c2cc(C)ccc2C)C(=O)[C@H]2N(CCCCCO)C(=O)[C@@H]3[C@@H](C(=O)O[C@H]1c1ccccc1)[C@H]1C=C[C@]32O1. The third-order valence-corrected chi connectivity index (χ3v) is 10.3. The summed E-state index contributed by atoms with van der Waals surface area (Å²) in [6.45, 7) is 4.48. The van der Waals surface area contributed by atoms with Crippen LogP contribution in [0, 0.1) is 25.7 Å². The fourth-order valence-electron chi connectivity index (χ4n) is 7.90. The van der Waals surface area contributed by atoms with Crippen LogP contribution in [0.4, 0.5) is 5.69 Å². The van der Waals surface area contributed by atoms with Crippen molar-refractivity contribution in [2.24, 2.45) is 11.8 Å². The Morgan fingerprint density at radius 2 is 1.80 bits per heavy atom. The van der Waals surface area contributed by atoms with E-state index in [1.807, 2.05) is 74.5 Å². The van der Waals surface area contributed by atoms with Crippen LogP contribution < -0.4 is 10.2 Å². The number of unbranched alkanes of at least 4 members (excludes halogenated alkanes) is 2. The van der Waals surface area contributed by atoms with E-state index in [4.69, 9.17) is 14.2 Å². The molecule has 0 unspecified atom stereocenters. The number of methoxy groups -OCH3 is 1. The molecule has 2 N–H and O–H groups in total. The average Bonchev–Trinajstić information content (AvgIpc) is 3.75. The molecule has 11 heteroatoms. The molecule has 4 heterocycles. The van der Waals surface area contributed by atoms with Crippen LogP contribution >= 0.6 is 0 Å². The molecule has 0 aliphatic carbocycles. The third-order valence-electron chi connectivity index (χ3n) is 10.3. The van der Waals surface area contributed by atoms with E-state index in [1.165, 1.54) is 7.11 Å². The van der Waals surface area contributed by atoms with Crippen molar-refractivity contribution in [1.29, 1.82) is 0 Å². The minimum absolute atomic E-state index is 0.0319. The molecule has 2 aromatic carbocycles. The van der Waals surface area contributed by atoms with Gasteiger partial charge in [0.1, 0.15) is 23.7 Å². The summed E-state index contributed by atoms with van der Waals surface area (Å²) in [5.41, 5.74) is 1.86. The van der Waals surface area contributed by atoms with Crippen LogP contribution in [0.2, 0.25) is 0 Å². The number of nitrogens with zero attached hydrogens (tertiary/aromatic N) is 2. The van der Waals surface area contributed by atoms with Crippen molar-refractivity contribution in [2.45, 2.75) is 75.8 Å². The van der Waals surface area contributed by atoms with Gasteiger partial charge in [-0.3, -0.25) is 19.2 Å². The molecule has 5 bridgehead atoms. The lowest BCUT2D eigenvalue weighted by Crippen LogP contribution is -2.56. The second kappa shape index (κ2) is 15.3. The van der Waals surface area contributed by atoms with E-state index in [9.17, 15) is 19.5 Å². The number of carbonyl (C=O) groups excluding carboxylic acids is 4. The number of anilines is 1. The molecule has 0 aromatic heterocycles. The molecule has 6 rings (SSSR count). The zero-order valence-corrected chi connectivity index (χ0v) is 29.0. The maximum atomic E-state index is 15.1. The molecular weight excluding hydrogens is 638 g/mol. The zero-order chi connectivity index (χ0) is 35.4. The van der Waals surface area contributed by atoms with Crippen LogP contribution in [0.1, 0.15) is 54.9 Å². The number of amides is 3. The van der Waals surface area contributed by atoms with Crippen LogP contribution in [0.25, 0.3) is 0 Å². The number of esters is 1. The van der Waals surface area contributed by atoms with Crippen molar-refractivity contribution in [3.05, 3.63) is 89.5 Å². The van der Waals surface area contributed by atoms with Crippen molar-refractivity contribution < 1.29 is 38.5 Å². The summed E-state index contributed by atoms with van der Waals surface area (Å²) >= 11 is 0. The lowest BCUT2D eigenvalue weighted by Gasteiger charge is -2.36. The van der Waals surface area contributed by atoms with Gasteiger partial charge in [-0.25, -0.2) is 0 Å². The number of cyclic esters (lactones) is 1. The van der Waals surface area contributed by atoms with Gasteiger partial charge >= 0.3 is 5.97 Å². The van der Waals surface area contributed by atoms with Crippen molar-refractivity contribution >= 4 is 29.4 Å². The minimum atomic E-state index is -1.38. The van der Waals surface area contributed by atoms with Crippen molar-refractivity contribution in [3.63, 3.8) is 0 Å². The van der Waals surface area contributed by atoms with Crippen molar-refractivity contribution in [3.8, 4) is 0 Å². The molecule has 11 nitrogen and oxygen atoms in total. The maximum Gasteiger partial charge on any atom is 0.313 e. The predicted octanol–water partition coefficient (Wildman–Crippen LogP) is 3.72. The van der Waals surface area contributed by atoms with Gasteiger partial charge in [-0.1, -0.05) is 66.8 Å². The summed E-state index contributed by atoms with van der Waals surface area (Å²) in [6.07, 6.45) is 8.03. The maximum absolute atomic E-state index is 15.1. The first-order valence-corrected chi connectivity index (χ1v) is 17.6. The van der Waals surface area contributed by atoms with Crippen molar-refractivity contribution in [2.75, 3.05) is 38.3 Å². The van der Waals surface area contributed by atoms with E-state index >= 15 is 4.79 Å². The molecule has 2 fully saturated rings. The van der Waals surface area contributed by atoms with Gasteiger partial charge in [0.2, 0.25) is 11.8 Å². The fraction of sp³-hybridized carbons (Fsp3) is 0.487. The molecule has 1 spiro atoms. The van der Waals surface area contributed by atoms with Gasteiger partial charge in [0.25, 0.3) is 5.91 Å². The fourth-order valence-corrected chi connectivity index (χ4v) is 7.90. The highest BCUT2D eigenvalue weighted by Crippen LogP contribution is 2.56. The largest absolute Gasteiger partial charge is 0.455 e. The van der Waals surface area contributed by atoms with Crippen LogP contribution in [-0.2, 0) is 33.4 Å². The Labute approximate surface area is 293 Å². The number of fused-ring (bicyclic) bond motifs is 2. The summed E-state index contributed by atoms with van der Waals surface area (Å²) in [7, 11) is 1.52. The second-order valence-corrected chi connectivity index (χ2v) is 13.7. The zero-order valence-electron chi connectivity index (χ0n) is 29.0. The minimum Gasteiger partial charge on any atom is -0.455 e.